The lowest BCUT2D eigenvalue weighted by Gasteiger charge is -2.10. The molecular formula is C11H14N2O4S. The van der Waals surface area contributed by atoms with Gasteiger partial charge in [0.25, 0.3) is 5.91 Å². The second kappa shape index (κ2) is 4.95. The van der Waals surface area contributed by atoms with Gasteiger partial charge in [-0.1, -0.05) is 18.2 Å². The molecule has 1 unspecified atom stereocenters. The van der Waals surface area contributed by atoms with Crippen molar-refractivity contribution in [3.05, 3.63) is 29.8 Å². The van der Waals surface area contributed by atoms with Gasteiger partial charge in [-0.25, -0.2) is 13.6 Å². The highest BCUT2D eigenvalue weighted by molar-refractivity contribution is 7.89. The van der Waals surface area contributed by atoms with E-state index in [0.29, 0.717) is 12.2 Å². The van der Waals surface area contributed by atoms with Crippen LogP contribution in [0.3, 0.4) is 0 Å². The molecule has 1 atom stereocenters. The number of benzene rings is 1. The first-order chi connectivity index (χ1) is 8.46. The molecule has 0 aromatic heterocycles. The fourth-order valence-corrected chi connectivity index (χ4v) is 2.15. The number of nitrogens with one attached hydrogen (secondary N) is 1. The number of hydrogen-bond acceptors (Lipinski definition) is 4. The normalized spacial score (nSPS) is 17.9. The Morgan fingerprint density at radius 1 is 1.44 bits per heavy atom. The van der Waals surface area contributed by atoms with Crippen LogP contribution in [0.15, 0.2) is 24.3 Å². The SMILES string of the molecule is NS(=O)(=O)CCNC(=O)C1Cc2ccccc2O1. The number of rotatable bonds is 4. The standard InChI is InChI=1S/C11H14N2O4S/c12-18(15,16)6-5-13-11(14)10-7-8-3-1-2-4-9(8)17-10/h1-4,10H,5-7H2,(H,13,14)(H2,12,15,16). The van der Waals surface area contributed by atoms with Crippen molar-refractivity contribution in [1.82, 2.24) is 5.32 Å². The molecule has 98 valence electrons. The molecule has 1 aliphatic heterocycles. The zero-order chi connectivity index (χ0) is 13.2. The summed E-state index contributed by atoms with van der Waals surface area (Å²) in [5.41, 5.74) is 0.976. The fraction of sp³-hybridized carbons (Fsp3) is 0.364. The number of carbonyl (C=O) groups is 1. The van der Waals surface area contributed by atoms with Gasteiger partial charge in [0, 0.05) is 13.0 Å². The van der Waals surface area contributed by atoms with Crippen LogP contribution < -0.4 is 15.2 Å². The van der Waals surface area contributed by atoms with Crippen LogP contribution in [0.25, 0.3) is 0 Å². The molecule has 0 saturated carbocycles. The Labute approximate surface area is 105 Å². The Morgan fingerprint density at radius 2 is 2.17 bits per heavy atom. The molecular weight excluding hydrogens is 256 g/mol. The Bertz CT molecular complexity index is 531. The number of carbonyl (C=O) groups excluding carboxylic acids is 1. The Hall–Kier alpha value is -1.60. The van der Waals surface area contributed by atoms with E-state index in [9.17, 15) is 13.2 Å². The van der Waals surface area contributed by atoms with Crippen LogP contribution in [0.4, 0.5) is 0 Å². The van der Waals surface area contributed by atoms with Gasteiger partial charge in [-0.3, -0.25) is 4.79 Å². The van der Waals surface area contributed by atoms with Crippen LogP contribution in [-0.4, -0.2) is 32.7 Å². The molecule has 0 aliphatic carbocycles. The van der Waals surface area contributed by atoms with Crippen molar-refractivity contribution in [2.45, 2.75) is 12.5 Å². The molecule has 1 aromatic rings. The summed E-state index contributed by atoms with van der Waals surface area (Å²) < 4.78 is 26.9. The number of primary sulfonamides is 1. The maximum Gasteiger partial charge on any atom is 0.261 e. The highest BCUT2D eigenvalue weighted by Crippen LogP contribution is 2.27. The van der Waals surface area contributed by atoms with Crippen LogP contribution in [-0.2, 0) is 21.2 Å². The number of hydrogen-bond donors (Lipinski definition) is 2. The monoisotopic (exact) mass is 270 g/mol. The predicted molar refractivity (Wildman–Crippen MR) is 65.5 cm³/mol. The molecule has 1 heterocycles. The van der Waals surface area contributed by atoms with E-state index in [-0.39, 0.29) is 18.2 Å². The van der Waals surface area contributed by atoms with Crippen molar-refractivity contribution in [3.63, 3.8) is 0 Å². The van der Waals surface area contributed by atoms with Crippen LogP contribution in [0.1, 0.15) is 5.56 Å². The second-order valence-electron chi connectivity index (χ2n) is 4.08. The summed E-state index contributed by atoms with van der Waals surface area (Å²) in [5, 5.41) is 7.33. The van der Waals surface area contributed by atoms with E-state index in [1.807, 2.05) is 18.2 Å². The molecule has 1 aromatic carbocycles. The average Bonchev–Trinajstić information content (AvgIpc) is 2.70. The Morgan fingerprint density at radius 3 is 2.83 bits per heavy atom. The third-order valence-electron chi connectivity index (χ3n) is 2.63. The number of nitrogens with two attached hydrogens (primary N) is 1. The first-order valence-corrected chi connectivity index (χ1v) is 7.20. The van der Waals surface area contributed by atoms with E-state index in [1.165, 1.54) is 0 Å². The van der Waals surface area contributed by atoms with Crippen LogP contribution in [0.5, 0.6) is 5.75 Å². The van der Waals surface area contributed by atoms with Crippen LogP contribution in [0.2, 0.25) is 0 Å². The van der Waals surface area contributed by atoms with Crippen LogP contribution >= 0.6 is 0 Å². The van der Waals surface area contributed by atoms with Crippen molar-refractivity contribution in [1.29, 1.82) is 0 Å². The molecule has 1 amide bonds. The molecule has 1 aliphatic rings. The van der Waals surface area contributed by atoms with Crippen LogP contribution in [0, 0.1) is 0 Å². The number of fused-ring (bicyclic) bond motifs is 1. The van der Waals surface area contributed by atoms with Gasteiger partial charge >= 0.3 is 0 Å². The minimum Gasteiger partial charge on any atom is -0.480 e. The highest BCUT2D eigenvalue weighted by atomic mass is 32.2. The second-order valence-corrected chi connectivity index (χ2v) is 5.81. The third-order valence-corrected chi connectivity index (χ3v) is 3.40. The lowest BCUT2D eigenvalue weighted by molar-refractivity contribution is -0.127. The van der Waals surface area contributed by atoms with Gasteiger partial charge < -0.3 is 10.1 Å². The van der Waals surface area contributed by atoms with E-state index >= 15 is 0 Å². The predicted octanol–water partition coefficient (Wildman–Crippen LogP) is -0.605. The summed E-state index contributed by atoms with van der Waals surface area (Å²) in [6, 6.07) is 7.41. The van der Waals surface area contributed by atoms with Crippen molar-refractivity contribution in [2.24, 2.45) is 5.14 Å². The summed E-state index contributed by atoms with van der Waals surface area (Å²) in [6.07, 6.45) is -0.0972. The lowest BCUT2D eigenvalue weighted by atomic mass is 10.1. The summed E-state index contributed by atoms with van der Waals surface area (Å²) in [7, 11) is -3.55. The zero-order valence-electron chi connectivity index (χ0n) is 9.63. The van der Waals surface area contributed by atoms with E-state index < -0.39 is 16.1 Å². The fourth-order valence-electron chi connectivity index (χ4n) is 1.76. The number of para-hydroxylation sites is 1. The van der Waals surface area contributed by atoms with E-state index in [4.69, 9.17) is 9.88 Å². The lowest BCUT2D eigenvalue weighted by Crippen LogP contribution is -2.40. The zero-order valence-corrected chi connectivity index (χ0v) is 10.4. The van der Waals surface area contributed by atoms with Crippen molar-refractivity contribution >= 4 is 15.9 Å². The smallest absolute Gasteiger partial charge is 0.261 e. The highest BCUT2D eigenvalue weighted by Gasteiger charge is 2.28. The topological polar surface area (TPSA) is 98.5 Å². The maximum atomic E-state index is 11.7. The minimum atomic E-state index is -3.55. The number of sulfonamides is 1. The molecule has 0 bridgehead atoms. The molecule has 0 fully saturated rings. The molecule has 3 N–H and O–H groups in total. The Kier molecular flexibility index (Phi) is 3.53. The van der Waals surface area contributed by atoms with Gasteiger partial charge in [0.1, 0.15) is 5.75 Å². The largest absolute Gasteiger partial charge is 0.480 e. The summed E-state index contributed by atoms with van der Waals surface area (Å²) in [4.78, 5) is 11.7. The van der Waals surface area contributed by atoms with Gasteiger partial charge in [0.05, 0.1) is 5.75 Å². The molecule has 0 radical (unpaired) electrons. The summed E-state index contributed by atoms with van der Waals surface area (Å²) in [5.74, 6) is 0.0947. The Balaban J connectivity index is 1.86. The van der Waals surface area contributed by atoms with E-state index in [0.717, 1.165) is 5.56 Å². The third kappa shape index (κ3) is 3.21. The molecule has 7 heteroatoms. The minimum absolute atomic E-state index is 0.00608. The van der Waals surface area contributed by atoms with Crippen molar-refractivity contribution in [2.75, 3.05) is 12.3 Å². The van der Waals surface area contributed by atoms with Gasteiger partial charge in [0.15, 0.2) is 6.10 Å². The summed E-state index contributed by atoms with van der Waals surface area (Å²) in [6.45, 7) is -0.00608. The van der Waals surface area contributed by atoms with Crippen molar-refractivity contribution in [3.8, 4) is 5.75 Å². The van der Waals surface area contributed by atoms with Gasteiger partial charge in [-0.05, 0) is 11.6 Å². The van der Waals surface area contributed by atoms with Gasteiger partial charge in [-0.15, -0.1) is 0 Å². The van der Waals surface area contributed by atoms with Gasteiger partial charge in [-0.2, -0.15) is 0 Å². The molecule has 2 rings (SSSR count). The maximum absolute atomic E-state index is 11.7. The first kappa shape index (κ1) is 12.8. The summed E-state index contributed by atoms with van der Waals surface area (Å²) >= 11 is 0. The molecule has 6 nitrogen and oxygen atoms in total. The quantitative estimate of drug-likeness (QED) is 0.763. The van der Waals surface area contributed by atoms with Gasteiger partial charge in [0.2, 0.25) is 10.0 Å². The molecule has 0 saturated heterocycles. The molecule has 0 spiro atoms. The van der Waals surface area contributed by atoms with E-state index in [1.54, 1.807) is 6.07 Å². The molecule has 18 heavy (non-hydrogen) atoms. The number of amides is 1. The van der Waals surface area contributed by atoms with Crippen molar-refractivity contribution < 1.29 is 17.9 Å². The average molecular weight is 270 g/mol. The van der Waals surface area contributed by atoms with E-state index in [2.05, 4.69) is 5.32 Å². The first-order valence-electron chi connectivity index (χ1n) is 5.48. The number of ether oxygens (including phenoxy) is 1.